The van der Waals surface area contributed by atoms with Gasteiger partial charge in [0.25, 0.3) is 0 Å². The van der Waals surface area contributed by atoms with Crippen LogP contribution in [-0.2, 0) is 6.61 Å². The van der Waals surface area contributed by atoms with Crippen molar-refractivity contribution < 1.29 is 4.74 Å². The summed E-state index contributed by atoms with van der Waals surface area (Å²) in [4.78, 5) is 0. The fourth-order valence-electron chi connectivity index (χ4n) is 1.89. The van der Waals surface area contributed by atoms with Crippen LogP contribution in [0.3, 0.4) is 0 Å². The number of nitrogens with one attached hydrogen (secondary N) is 1. The highest BCUT2D eigenvalue weighted by molar-refractivity contribution is 7.10. The molecule has 1 heterocycles. The Bertz CT molecular complexity index is 566. The number of ether oxygens (including phenoxy) is 1. The highest BCUT2D eigenvalue weighted by Gasteiger charge is 2.10. The van der Waals surface area contributed by atoms with E-state index in [0.29, 0.717) is 6.61 Å². The van der Waals surface area contributed by atoms with Gasteiger partial charge in [0.15, 0.2) is 0 Å². The van der Waals surface area contributed by atoms with Gasteiger partial charge >= 0.3 is 0 Å². The summed E-state index contributed by atoms with van der Waals surface area (Å²) in [6.45, 7) is 9.62. The van der Waals surface area contributed by atoms with E-state index < -0.39 is 0 Å². The molecule has 0 bridgehead atoms. The van der Waals surface area contributed by atoms with Gasteiger partial charge in [-0.15, -0.1) is 5.10 Å². The Kier molecular flexibility index (Phi) is 4.37. The van der Waals surface area contributed by atoms with E-state index in [2.05, 4.69) is 54.7 Å². The van der Waals surface area contributed by atoms with E-state index in [1.165, 1.54) is 28.2 Å². The zero-order valence-corrected chi connectivity index (χ0v) is 12.6. The molecule has 0 saturated heterocycles. The Morgan fingerprint density at radius 3 is 2.79 bits per heavy atom. The van der Waals surface area contributed by atoms with Gasteiger partial charge in [-0.3, -0.25) is 0 Å². The predicted molar refractivity (Wildman–Crippen MR) is 79.1 cm³/mol. The molecule has 0 aliphatic heterocycles. The summed E-state index contributed by atoms with van der Waals surface area (Å²) in [7, 11) is 0. The van der Waals surface area contributed by atoms with E-state index in [1.54, 1.807) is 0 Å². The van der Waals surface area contributed by atoms with E-state index in [-0.39, 0.29) is 0 Å². The second-order valence-corrected chi connectivity index (χ2v) is 5.33. The van der Waals surface area contributed by atoms with Gasteiger partial charge in [0, 0.05) is 18.1 Å². The molecule has 0 aliphatic rings. The molecule has 0 amide bonds. The lowest BCUT2D eigenvalue weighted by Gasteiger charge is -2.12. The monoisotopic (exact) mass is 277 g/mol. The molecule has 102 valence electrons. The number of hydrogen-bond donors (Lipinski definition) is 1. The van der Waals surface area contributed by atoms with Crippen molar-refractivity contribution in [3.63, 3.8) is 0 Å². The SMILES string of the molecule is CCNc1snnc1COc1cc(C)cc(C)c1C. The maximum absolute atomic E-state index is 5.89. The molecule has 5 heteroatoms. The molecule has 4 nitrogen and oxygen atoms in total. The van der Waals surface area contributed by atoms with Gasteiger partial charge in [-0.1, -0.05) is 10.6 Å². The van der Waals surface area contributed by atoms with Crippen LogP contribution in [0, 0.1) is 20.8 Å². The lowest BCUT2D eigenvalue weighted by molar-refractivity contribution is 0.299. The van der Waals surface area contributed by atoms with Gasteiger partial charge in [0.05, 0.1) is 0 Å². The van der Waals surface area contributed by atoms with Crippen LogP contribution in [0.4, 0.5) is 5.00 Å². The van der Waals surface area contributed by atoms with E-state index in [4.69, 9.17) is 4.74 Å². The molecular formula is C14H19N3OS. The molecule has 19 heavy (non-hydrogen) atoms. The minimum atomic E-state index is 0.447. The van der Waals surface area contributed by atoms with Crippen LogP contribution < -0.4 is 10.1 Å². The third-order valence-electron chi connectivity index (χ3n) is 3.02. The predicted octanol–water partition coefficient (Wildman–Crippen LogP) is 3.47. The highest BCUT2D eigenvalue weighted by atomic mass is 32.1. The Morgan fingerprint density at radius 2 is 2.05 bits per heavy atom. The average molecular weight is 277 g/mol. The summed E-state index contributed by atoms with van der Waals surface area (Å²) in [6, 6.07) is 4.23. The zero-order chi connectivity index (χ0) is 13.8. The lowest BCUT2D eigenvalue weighted by Crippen LogP contribution is -2.03. The zero-order valence-electron chi connectivity index (χ0n) is 11.8. The van der Waals surface area contributed by atoms with Gasteiger partial charge in [-0.2, -0.15) is 0 Å². The van der Waals surface area contributed by atoms with E-state index in [1.807, 2.05) is 0 Å². The number of anilines is 1. The maximum atomic E-state index is 5.89. The minimum Gasteiger partial charge on any atom is -0.487 e. The molecule has 1 aromatic heterocycles. The maximum Gasteiger partial charge on any atom is 0.136 e. The first-order valence-corrected chi connectivity index (χ1v) is 7.15. The smallest absolute Gasteiger partial charge is 0.136 e. The summed E-state index contributed by atoms with van der Waals surface area (Å²) in [6.07, 6.45) is 0. The van der Waals surface area contributed by atoms with E-state index in [9.17, 15) is 0 Å². The molecule has 0 spiro atoms. The lowest BCUT2D eigenvalue weighted by atomic mass is 10.1. The molecule has 1 N–H and O–H groups in total. The fourth-order valence-corrected chi connectivity index (χ4v) is 2.53. The first-order chi connectivity index (χ1) is 9.11. The molecule has 1 aromatic carbocycles. The summed E-state index contributed by atoms with van der Waals surface area (Å²) in [5, 5.41) is 8.34. The third-order valence-corrected chi connectivity index (χ3v) is 3.75. The second-order valence-electron chi connectivity index (χ2n) is 4.57. The molecule has 0 fully saturated rings. The van der Waals surface area contributed by atoms with Gasteiger partial charge < -0.3 is 10.1 Å². The average Bonchev–Trinajstić information content (AvgIpc) is 2.80. The topological polar surface area (TPSA) is 47.0 Å². The summed E-state index contributed by atoms with van der Waals surface area (Å²) in [5.41, 5.74) is 4.50. The standard InChI is InChI=1S/C14H19N3OS/c1-5-15-14-12(16-17-19-14)8-18-13-7-9(2)6-10(3)11(13)4/h6-7,15H,5,8H2,1-4H3. The van der Waals surface area contributed by atoms with Crippen LogP contribution in [0.2, 0.25) is 0 Å². The molecule has 0 radical (unpaired) electrons. The van der Waals surface area contributed by atoms with Crippen LogP contribution in [-0.4, -0.2) is 16.1 Å². The molecule has 0 atom stereocenters. The number of aromatic nitrogens is 2. The Labute approximate surface area is 118 Å². The van der Waals surface area contributed by atoms with Crippen molar-refractivity contribution in [3.8, 4) is 5.75 Å². The Morgan fingerprint density at radius 1 is 1.26 bits per heavy atom. The third kappa shape index (κ3) is 3.23. The van der Waals surface area contributed by atoms with Crippen LogP contribution in [0.5, 0.6) is 5.75 Å². The molecule has 2 rings (SSSR count). The normalized spacial score (nSPS) is 10.5. The first-order valence-electron chi connectivity index (χ1n) is 6.37. The van der Waals surface area contributed by atoms with Crippen molar-refractivity contribution in [1.82, 2.24) is 9.59 Å². The number of nitrogens with zero attached hydrogens (tertiary/aromatic N) is 2. The fraction of sp³-hybridized carbons (Fsp3) is 0.429. The summed E-state index contributed by atoms with van der Waals surface area (Å²) >= 11 is 1.37. The van der Waals surface area contributed by atoms with Crippen LogP contribution in [0.1, 0.15) is 29.3 Å². The van der Waals surface area contributed by atoms with Crippen molar-refractivity contribution in [1.29, 1.82) is 0 Å². The molecule has 0 aliphatic carbocycles. The van der Waals surface area contributed by atoms with Gasteiger partial charge in [0.2, 0.25) is 0 Å². The van der Waals surface area contributed by atoms with Crippen molar-refractivity contribution in [2.75, 3.05) is 11.9 Å². The van der Waals surface area contributed by atoms with Crippen LogP contribution in [0.25, 0.3) is 0 Å². The largest absolute Gasteiger partial charge is 0.487 e. The van der Waals surface area contributed by atoms with E-state index in [0.717, 1.165) is 23.0 Å². The van der Waals surface area contributed by atoms with Crippen LogP contribution in [0.15, 0.2) is 12.1 Å². The number of aryl methyl sites for hydroxylation is 2. The Hall–Kier alpha value is -1.62. The molecule has 0 saturated carbocycles. The summed E-state index contributed by atoms with van der Waals surface area (Å²) < 4.78 is 9.85. The van der Waals surface area contributed by atoms with E-state index >= 15 is 0 Å². The van der Waals surface area contributed by atoms with Crippen molar-refractivity contribution in [2.45, 2.75) is 34.3 Å². The second kappa shape index (κ2) is 6.02. The van der Waals surface area contributed by atoms with Gasteiger partial charge in [-0.25, -0.2) is 0 Å². The van der Waals surface area contributed by atoms with Gasteiger partial charge in [-0.05, 0) is 50.5 Å². The summed E-state index contributed by atoms with van der Waals surface area (Å²) in [5.74, 6) is 0.924. The van der Waals surface area contributed by atoms with Crippen LogP contribution >= 0.6 is 11.5 Å². The molecule has 0 unspecified atom stereocenters. The van der Waals surface area contributed by atoms with Crippen molar-refractivity contribution in [3.05, 3.63) is 34.5 Å². The molecule has 2 aromatic rings. The minimum absolute atomic E-state index is 0.447. The molecular weight excluding hydrogens is 258 g/mol. The first kappa shape index (κ1) is 13.8. The van der Waals surface area contributed by atoms with Crippen molar-refractivity contribution in [2.24, 2.45) is 0 Å². The van der Waals surface area contributed by atoms with Crippen molar-refractivity contribution >= 4 is 16.5 Å². The highest BCUT2D eigenvalue weighted by Crippen LogP contribution is 2.25. The number of rotatable bonds is 5. The quantitative estimate of drug-likeness (QED) is 0.909. The number of benzene rings is 1. The van der Waals surface area contributed by atoms with Gasteiger partial charge in [0.1, 0.15) is 23.1 Å². The number of hydrogen-bond acceptors (Lipinski definition) is 5. The Balaban J connectivity index is 2.12.